The molecule has 1 aromatic rings. The first-order valence-electron chi connectivity index (χ1n) is 7.03. The second kappa shape index (κ2) is 6.50. The van der Waals surface area contributed by atoms with E-state index in [9.17, 15) is 4.79 Å². The predicted molar refractivity (Wildman–Crippen MR) is 76.8 cm³/mol. The molecular weight excluding hydrogens is 236 g/mol. The van der Waals surface area contributed by atoms with Crippen molar-refractivity contribution in [2.45, 2.75) is 52.0 Å². The highest BCUT2D eigenvalue weighted by Gasteiger charge is 2.12. The molecule has 1 aliphatic rings. The number of rotatable bonds is 5. The van der Waals surface area contributed by atoms with Crippen LogP contribution in [0.3, 0.4) is 0 Å². The van der Waals surface area contributed by atoms with Crippen molar-refractivity contribution in [2.75, 3.05) is 0 Å². The summed E-state index contributed by atoms with van der Waals surface area (Å²) in [4.78, 5) is 16.4. The van der Waals surface area contributed by atoms with E-state index >= 15 is 0 Å². The lowest BCUT2D eigenvalue weighted by Gasteiger charge is -2.14. The number of amides is 1. The number of aromatic nitrogens is 1. The minimum absolute atomic E-state index is 0.129. The molecule has 1 aliphatic carbocycles. The Morgan fingerprint density at radius 3 is 3.00 bits per heavy atom. The molecule has 0 aromatic carbocycles. The molecule has 1 aromatic heterocycles. The van der Waals surface area contributed by atoms with Gasteiger partial charge in [-0.25, -0.2) is 0 Å². The number of aryl methyl sites for hydroxylation is 1. The van der Waals surface area contributed by atoms with Gasteiger partial charge in [-0.05, 0) is 45.2 Å². The molecule has 1 atom stereocenters. The van der Waals surface area contributed by atoms with Gasteiger partial charge in [0.15, 0.2) is 0 Å². The van der Waals surface area contributed by atoms with Crippen molar-refractivity contribution >= 4 is 5.91 Å². The van der Waals surface area contributed by atoms with Gasteiger partial charge >= 0.3 is 0 Å². The Kier molecular flexibility index (Phi) is 4.72. The fraction of sp³-hybridized carbons (Fsp3) is 0.500. The zero-order valence-electron chi connectivity index (χ0n) is 11.8. The monoisotopic (exact) mass is 258 g/mol. The van der Waals surface area contributed by atoms with Crippen LogP contribution in [0.2, 0.25) is 0 Å². The number of nitrogens with one attached hydrogen (secondary N) is 1. The average Bonchev–Trinajstić information content (AvgIpc) is 2.81. The highest BCUT2D eigenvalue weighted by atomic mass is 16.1. The Morgan fingerprint density at radius 2 is 2.32 bits per heavy atom. The molecule has 19 heavy (non-hydrogen) atoms. The van der Waals surface area contributed by atoms with Crippen LogP contribution in [0.15, 0.2) is 29.8 Å². The summed E-state index contributed by atoms with van der Waals surface area (Å²) < 4.78 is 0. The maximum Gasteiger partial charge on any atom is 0.224 e. The third kappa shape index (κ3) is 4.51. The van der Waals surface area contributed by atoms with Crippen LogP contribution in [-0.4, -0.2) is 16.9 Å². The highest BCUT2D eigenvalue weighted by molar-refractivity contribution is 5.78. The Labute approximate surface area is 115 Å². The van der Waals surface area contributed by atoms with Crippen LogP contribution in [0.4, 0.5) is 0 Å². The van der Waals surface area contributed by atoms with E-state index in [-0.39, 0.29) is 11.9 Å². The molecule has 0 aliphatic heterocycles. The van der Waals surface area contributed by atoms with Gasteiger partial charge in [-0.1, -0.05) is 17.7 Å². The quantitative estimate of drug-likeness (QED) is 0.825. The zero-order valence-corrected chi connectivity index (χ0v) is 11.8. The lowest BCUT2D eigenvalue weighted by atomic mass is 10.1. The van der Waals surface area contributed by atoms with Crippen LogP contribution in [0.5, 0.6) is 0 Å². The first-order chi connectivity index (χ1) is 9.13. The van der Waals surface area contributed by atoms with E-state index in [2.05, 4.69) is 16.4 Å². The Bertz CT molecular complexity index is 479. The molecule has 1 N–H and O–H groups in total. The maximum absolute atomic E-state index is 11.9. The van der Waals surface area contributed by atoms with Gasteiger partial charge in [0.25, 0.3) is 0 Å². The number of hydrogen-bond acceptors (Lipinski definition) is 2. The molecular formula is C16H22N2O. The van der Waals surface area contributed by atoms with Crippen LogP contribution < -0.4 is 5.32 Å². The van der Waals surface area contributed by atoms with Crippen LogP contribution in [0, 0.1) is 6.92 Å². The van der Waals surface area contributed by atoms with E-state index in [1.54, 1.807) is 0 Å². The van der Waals surface area contributed by atoms with Gasteiger partial charge < -0.3 is 5.32 Å². The average molecular weight is 258 g/mol. The molecule has 0 unspecified atom stereocenters. The van der Waals surface area contributed by atoms with Crippen molar-refractivity contribution in [1.29, 1.82) is 0 Å². The summed E-state index contributed by atoms with van der Waals surface area (Å²) in [5.74, 6) is 0.133. The number of carbonyl (C=O) groups excluding carboxylic acids is 1. The van der Waals surface area contributed by atoms with E-state index in [1.165, 1.54) is 12.0 Å². The molecule has 1 amide bonds. The van der Waals surface area contributed by atoms with Gasteiger partial charge in [0.2, 0.25) is 5.91 Å². The normalized spacial score (nSPS) is 16.0. The van der Waals surface area contributed by atoms with E-state index in [0.29, 0.717) is 6.42 Å². The van der Waals surface area contributed by atoms with Gasteiger partial charge in [0.05, 0.1) is 0 Å². The maximum atomic E-state index is 11.9. The van der Waals surface area contributed by atoms with E-state index in [0.717, 1.165) is 30.7 Å². The van der Waals surface area contributed by atoms with Crippen molar-refractivity contribution in [1.82, 2.24) is 10.3 Å². The number of allylic oxidation sites excluding steroid dienone is 1. The summed E-state index contributed by atoms with van der Waals surface area (Å²) in [6.45, 7) is 4.02. The summed E-state index contributed by atoms with van der Waals surface area (Å²) in [5.41, 5.74) is 3.35. The fourth-order valence-electron chi connectivity index (χ4n) is 2.51. The number of hydrogen-bond donors (Lipinski definition) is 1. The van der Waals surface area contributed by atoms with Crippen LogP contribution in [-0.2, 0) is 11.2 Å². The van der Waals surface area contributed by atoms with Crippen molar-refractivity contribution in [2.24, 2.45) is 0 Å². The van der Waals surface area contributed by atoms with E-state index in [1.807, 2.05) is 32.0 Å². The first-order valence-corrected chi connectivity index (χ1v) is 7.03. The predicted octanol–water partition coefficient (Wildman–Crippen LogP) is 2.94. The van der Waals surface area contributed by atoms with Crippen LogP contribution >= 0.6 is 0 Å². The Hall–Kier alpha value is -1.64. The summed E-state index contributed by atoms with van der Waals surface area (Å²) in [6.07, 6.45) is 6.96. The molecule has 0 saturated carbocycles. The van der Waals surface area contributed by atoms with Gasteiger partial charge in [-0.3, -0.25) is 9.78 Å². The van der Waals surface area contributed by atoms with Gasteiger partial charge in [-0.2, -0.15) is 0 Å². The molecule has 3 heteroatoms. The minimum Gasteiger partial charge on any atom is -0.353 e. The number of nitrogens with zero attached hydrogens (tertiary/aromatic N) is 1. The second-order valence-corrected chi connectivity index (χ2v) is 5.37. The molecule has 0 saturated heterocycles. The largest absolute Gasteiger partial charge is 0.353 e. The Morgan fingerprint density at radius 1 is 1.47 bits per heavy atom. The van der Waals surface area contributed by atoms with Crippen LogP contribution in [0.1, 0.15) is 44.0 Å². The summed E-state index contributed by atoms with van der Waals surface area (Å²) >= 11 is 0. The van der Waals surface area contributed by atoms with Gasteiger partial charge in [-0.15, -0.1) is 0 Å². The number of carbonyl (C=O) groups is 1. The van der Waals surface area contributed by atoms with E-state index in [4.69, 9.17) is 0 Å². The van der Waals surface area contributed by atoms with Crippen molar-refractivity contribution in [3.05, 3.63) is 41.2 Å². The first kappa shape index (κ1) is 13.8. The zero-order chi connectivity index (χ0) is 13.7. The third-order valence-corrected chi connectivity index (χ3v) is 3.39. The molecule has 0 spiro atoms. The molecule has 0 fully saturated rings. The number of pyridine rings is 1. The summed E-state index contributed by atoms with van der Waals surface area (Å²) in [5, 5.41) is 3.05. The molecule has 1 heterocycles. The molecule has 0 radical (unpaired) electrons. The highest BCUT2D eigenvalue weighted by Crippen LogP contribution is 2.20. The summed E-state index contributed by atoms with van der Waals surface area (Å²) in [6, 6.07) is 6.13. The topological polar surface area (TPSA) is 42.0 Å². The SMILES string of the molecule is Cc1cccc(C[C@H](C)NC(=O)CC2=CCCC2)n1. The third-order valence-electron chi connectivity index (χ3n) is 3.39. The molecule has 2 rings (SSSR count). The van der Waals surface area contributed by atoms with Crippen molar-refractivity contribution < 1.29 is 4.79 Å². The lowest BCUT2D eigenvalue weighted by Crippen LogP contribution is -2.34. The van der Waals surface area contributed by atoms with Gasteiger partial charge in [0.1, 0.15) is 0 Å². The molecule has 3 nitrogen and oxygen atoms in total. The van der Waals surface area contributed by atoms with Crippen LogP contribution in [0.25, 0.3) is 0 Å². The van der Waals surface area contributed by atoms with Crippen molar-refractivity contribution in [3.63, 3.8) is 0 Å². The molecule has 102 valence electrons. The minimum atomic E-state index is 0.129. The smallest absolute Gasteiger partial charge is 0.224 e. The summed E-state index contributed by atoms with van der Waals surface area (Å²) in [7, 11) is 0. The van der Waals surface area contributed by atoms with Gasteiger partial charge in [0, 0.05) is 30.3 Å². The second-order valence-electron chi connectivity index (χ2n) is 5.37. The lowest BCUT2D eigenvalue weighted by molar-refractivity contribution is -0.121. The van der Waals surface area contributed by atoms with E-state index < -0.39 is 0 Å². The molecule has 0 bridgehead atoms. The Balaban J connectivity index is 1.80. The van der Waals surface area contributed by atoms with Crippen molar-refractivity contribution in [3.8, 4) is 0 Å². The standard InChI is InChI=1S/C16H22N2O/c1-12-6-5-9-15(17-12)10-13(2)18-16(19)11-14-7-3-4-8-14/h5-7,9,13H,3-4,8,10-11H2,1-2H3,(H,18,19)/t13-/m0/s1. The fourth-order valence-corrected chi connectivity index (χ4v) is 2.51.